The Kier molecular flexibility index (Phi) is 9.36. The smallest absolute Gasteiger partial charge is 0.274 e. The lowest BCUT2D eigenvalue weighted by Crippen LogP contribution is -2.63. The van der Waals surface area contributed by atoms with Crippen LogP contribution in [0, 0.1) is 12.0 Å². The van der Waals surface area contributed by atoms with Crippen LogP contribution < -0.4 is 20.0 Å². The van der Waals surface area contributed by atoms with Crippen molar-refractivity contribution in [1.29, 1.82) is 0 Å². The van der Waals surface area contributed by atoms with E-state index in [2.05, 4.69) is 46.9 Å². The molecule has 5 fully saturated rings. The van der Waals surface area contributed by atoms with Gasteiger partial charge < -0.3 is 19.6 Å². The molecule has 16 heteroatoms. The highest BCUT2D eigenvalue weighted by atomic mass is 35.5. The molecule has 6 aliphatic rings. The standard InChI is InChI=1S/C41H43ClN10O5/c1-25-21-41(24-51(25)27-4-6-32(43-2)31(42)20-27)11-13-48(14-12-41)35-9-7-33(45-46-35)40(57)49-17-15-47(16-18-49)28-22-50(23-28)26-3-5-29-30(19-26)39(56)52(38(29)55)34-8-10-36(53)44-37(34)54/h3-7,9,19-20,25,28,34H,8,10-18,21-24H2,1H3,(H,44,53,54)/t25-,34?/m0/s1. The predicted molar refractivity (Wildman–Crippen MR) is 212 cm³/mol. The molecule has 5 saturated heterocycles. The van der Waals surface area contributed by atoms with E-state index in [1.54, 1.807) is 24.3 Å². The first kappa shape index (κ1) is 37.0. The summed E-state index contributed by atoms with van der Waals surface area (Å²) < 4.78 is 0. The minimum absolute atomic E-state index is 0.0789. The van der Waals surface area contributed by atoms with Gasteiger partial charge in [0.15, 0.2) is 11.5 Å². The molecule has 1 unspecified atom stereocenters. The molecule has 0 radical (unpaired) electrons. The number of hydrogen-bond acceptors (Lipinski definition) is 11. The number of amides is 5. The number of carbonyl (C=O) groups excluding carboxylic acids is 5. The van der Waals surface area contributed by atoms with E-state index in [0.717, 1.165) is 87.2 Å². The Labute approximate surface area is 335 Å². The van der Waals surface area contributed by atoms with Gasteiger partial charge in [0.1, 0.15) is 6.04 Å². The highest BCUT2D eigenvalue weighted by Gasteiger charge is 2.46. The van der Waals surface area contributed by atoms with Gasteiger partial charge in [-0.25, -0.2) is 4.85 Å². The van der Waals surface area contributed by atoms with E-state index in [0.29, 0.717) is 41.6 Å². The van der Waals surface area contributed by atoms with Crippen LogP contribution in [0.15, 0.2) is 48.5 Å². The van der Waals surface area contributed by atoms with Crippen molar-refractivity contribution in [3.8, 4) is 0 Å². The number of hydrogen-bond donors (Lipinski definition) is 1. The second kappa shape index (κ2) is 14.4. The normalized spacial score (nSPS) is 23.8. The summed E-state index contributed by atoms with van der Waals surface area (Å²) in [6, 6.07) is 14.3. The van der Waals surface area contributed by atoms with Gasteiger partial charge in [-0.1, -0.05) is 17.7 Å². The average molecular weight is 791 g/mol. The zero-order valence-corrected chi connectivity index (χ0v) is 32.5. The molecule has 1 N–H and O–H groups in total. The summed E-state index contributed by atoms with van der Waals surface area (Å²) in [5.41, 5.74) is 3.47. The molecule has 57 heavy (non-hydrogen) atoms. The Morgan fingerprint density at radius 2 is 1.61 bits per heavy atom. The number of rotatable bonds is 6. The number of benzene rings is 2. The first-order valence-corrected chi connectivity index (χ1v) is 20.0. The number of nitrogens with one attached hydrogen (secondary N) is 1. The molecule has 9 rings (SSSR count). The van der Waals surface area contributed by atoms with Crippen LogP contribution in [0.5, 0.6) is 0 Å². The monoisotopic (exact) mass is 790 g/mol. The molecule has 2 aromatic carbocycles. The molecule has 3 aromatic rings. The number of imide groups is 2. The van der Waals surface area contributed by atoms with E-state index >= 15 is 0 Å². The lowest BCUT2D eigenvalue weighted by atomic mass is 9.77. The van der Waals surface area contributed by atoms with E-state index in [4.69, 9.17) is 18.2 Å². The number of halogens is 1. The highest BCUT2D eigenvalue weighted by molar-refractivity contribution is 6.33. The van der Waals surface area contributed by atoms with Gasteiger partial charge in [-0.2, -0.15) is 0 Å². The van der Waals surface area contributed by atoms with Crippen molar-refractivity contribution in [3.05, 3.63) is 81.8 Å². The topological polar surface area (TPSA) is 147 Å². The zero-order valence-electron chi connectivity index (χ0n) is 31.7. The van der Waals surface area contributed by atoms with E-state index in [9.17, 15) is 24.0 Å². The zero-order chi connectivity index (χ0) is 39.6. The lowest BCUT2D eigenvalue weighted by molar-refractivity contribution is -0.136. The summed E-state index contributed by atoms with van der Waals surface area (Å²) in [5.74, 6) is -1.38. The van der Waals surface area contributed by atoms with E-state index in [-0.39, 0.29) is 35.3 Å². The third-order valence-corrected chi connectivity index (χ3v) is 13.2. The predicted octanol–water partition coefficient (Wildman–Crippen LogP) is 3.61. The fourth-order valence-corrected chi connectivity index (χ4v) is 9.83. The summed E-state index contributed by atoms with van der Waals surface area (Å²) in [5, 5.41) is 11.6. The Bertz CT molecular complexity index is 2210. The lowest BCUT2D eigenvalue weighted by Gasteiger charge is -2.49. The van der Waals surface area contributed by atoms with Gasteiger partial charge in [-0.3, -0.25) is 39.1 Å². The van der Waals surface area contributed by atoms with Crippen LogP contribution in [0.1, 0.15) is 70.2 Å². The first-order valence-electron chi connectivity index (χ1n) is 19.7. The number of piperidine rings is 2. The molecule has 6 aliphatic heterocycles. The van der Waals surface area contributed by atoms with Crippen molar-refractivity contribution in [2.75, 3.05) is 73.6 Å². The molecule has 5 amide bonds. The number of piperazine rings is 1. The van der Waals surface area contributed by atoms with Crippen LogP contribution >= 0.6 is 11.6 Å². The maximum absolute atomic E-state index is 13.5. The van der Waals surface area contributed by atoms with Crippen LogP contribution in [0.4, 0.5) is 22.9 Å². The highest BCUT2D eigenvalue weighted by Crippen LogP contribution is 2.46. The van der Waals surface area contributed by atoms with Crippen LogP contribution in [-0.4, -0.2) is 131 Å². The van der Waals surface area contributed by atoms with Crippen molar-refractivity contribution < 1.29 is 24.0 Å². The summed E-state index contributed by atoms with van der Waals surface area (Å²) >= 11 is 6.37. The van der Waals surface area contributed by atoms with Crippen molar-refractivity contribution in [2.45, 2.75) is 57.2 Å². The van der Waals surface area contributed by atoms with Crippen LogP contribution in [0.3, 0.4) is 0 Å². The molecule has 7 heterocycles. The van der Waals surface area contributed by atoms with Gasteiger partial charge >= 0.3 is 0 Å². The Balaban J connectivity index is 0.741. The van der Waals surface area contributed by atoms with E-state index in [1.807, 2.05) is 29.2 Å². The van der Waals surface area contributed by atoms with Crippen molar-refractivity contribution in [3.63, 3.8) is 0 Å². The fourth-order valence-electron chi connectivity index (χ4n) is 9.61. The van der Waals surface area contributed by atoms with Gasteiger partial charge in [-0.15, -0.1) is 10.2 Å². The molecule has 2 atom stereocenters. The third kappa shape index (κ3) is 6.64. The van der Waals surface area contributed by atoms with Gasteiger partial charge in [-0.05, 0) is 80.5 Å². The molecule has 1 spiro atoms. The van der Waals surface area contributed by atoms with Gasteiger partial charge in [0, 0.05) is 93.8 Å². The summed E-state index contributed by atoms with van der Waals surface area (Å²) in [4.78, 5) is 79.4. The Morgan fingerprint density at radius 3 is 2.30 bits per heavy atom. The van der Waals surface area contributed by atoms with E-state index in [1.165, 1.54) is 0 Å². The number of fused-ring (bicyclic) bond motifs is 1. The SMILES string of the molecule is [C-]#[N+]c1ccc(N2CC3(CCN(c4ccc(C(=O)N5CCN(C6CN(c7ccc8c(c7)C(=O)N(C7CCC(=O)NC7=O)C8=O)C6)CC5)nn4)CC3)C[C@@H]2C)cc1Cl. The maximum Gasteiger partial charge on any atom is 0.274 e. The van der Waals surface area contributed by atoms with Crippen molar-refractivity contribution in [1.82, 2.24) is 30.2 Å². The minimum Gasteiger partial charge on any atom is -0.368 e. The maximum atomic E-state index is 13.5. The fraction of sp³-hybridized carbons (Fsp3) is 0.463. The Hall–Kier alpha value is -5.59. The quantitative estimate of drug-likeness (QED) is 0.289. The molecule has 0 aliphatic carbocycles. The van der Waals surface area contributed by atoms with Crippen LogP contribution in [0.2, 0.25) is 5.02 Å². The summed E-state index contributed by atoms with van der Waals surface area (Å²) in [6.07, 6.45) is 3.37. The minimum atomic E-state index is -0.990. The Morgan fingerprint density at radius 1 is 0.877 bits per heavy atom. The third-order valence-electron chi connectivity index (χ3n) is 12.9. The summed E-state index contributed by atoms with van der Waals surface area (Å²) in [6.45, 7) is 16.4. The molecule has 1 aromatic heterocycles. The second-order valence-electron chi connectivity index (χ2n) is 16.3. The molecule has 0 saturated carbocycles. The second-order valence-corrected chi connectivity index (χ2v) is 16.7. The van der Waals surface area contributed by atoms with E-state index < -0.39 is 29.7 Å². The number of carbonyl (C=O) groups is 5. The van der Waals surface area contributed by atoms with Crippen LogP contribution in [-0.2, 0) is 9.59 Å². The largest absolute Gasteiger partial charge is 0.368 e. The first-order chi connectivity index (χ1) is 27.5. The summed E-state index contributed by atoms with van der Waals surface area (Å²) in [7, 11) is 0. The number of nitrogens with zero attached hydrogens (tertiary/aromatic N) is 9. The molecule has 0 bridgehead atoms. The molecule has 294 valence electrons. The van der Waals surface area contributed by atoms with Crippen LogP contribution in [0.25, 0.3) is 4.85 Å². The molecular weight excluding hydrogens is 748 g/mol. The molecule has 15 nitrogen and oxygen atoms in total. The van der Waals surface area contributed by atoms with Crippen molar-refractivity contribution >= 4 is 64.0 Å². The van der Waals surface area contributed by atoms with Gasteiger partial charge in [0.25, 0.3) is 17.7 Å². The molecular formula is C41H43ClN10O5. The number of aromatic nitrogens is 2. The van der Waals surface area contributed by atoms with Crippen molar-refractivity contribution in [2.24, 2.45) is 5.41 Å². The number of anilines is 3. The van der Waals surface area contributed by atoms with Gasteiger partial charge in [0.05, 0.1) is 17.7 Å². The average Bonchev–Trinajstić information content (AvgIpc) is 3.65. The van der Waals surface area contributed by atoms with Gasteiger partial charge in [0.2, 0.25) is 17.5 Å².